The Bertz CT molecular complexity index is 649. The molecule has 1 aliphatic rings. The Morgan fingerprint density at radius 1 is 1.25 bits per heavy atom. The van der Waals surface area contributed by atoms with Crippen molar-refractivity contribution >= 4 is 11.7 Å². The summed E-state index contributed by atoms with van der Waals surface area (Å²) in [6.07, 6.45) is 1.36. The number of fused-ring (bicyclic) bond motifs is 1. The maximum Gasteiger partial charge on any atom is 0.257 e. The Morgan fingerprint density at radius 2 is 1.90 bits per heavy atom. The predicted molar refractivity (Wildman–Crippen MR) is 72.0 cm³/mol. The molecule has 3 rings (SSSR count). The lowest BCUT2D eigenvalue weighted by molar-refractivity contribution is 0.0746. The van der Waals surface area contributed by atoms with Crippen LogP contribution in [0, 0.1) is 5.82 Å². The molecule has 1 amide bonds. The molecule has 1 aromatic carbocycles. The van der Waals surface area contributed by atoms with Gasteiger partial charge in [0, 0.05) is 19.3 Å². The molecule has 2 aromatic rings. The van der Waals surface area contributed by atoms with E-state index in [0.717, 1.165) is 11.1 Å². The number of benzene rings is 1. The second-order valence-electron chi connectivity index (χ2n) is 4.60. The van der Waals surface area contributed by atoms with Gasteiger partial charge in [-0.25, -0.2) is 15.2 Å². The van der Waals surface area contributed by atoms with Gasteiger partial charge in [0.25, 0.3) is 5.91 Å². The zero-order chi connectivity index (χ0) is 14.1. The van der Waals surface area contributed by atoms with Gasteiger partial charge in [-0.05, 0) is 17.2 Å². The molecule has 0 fully saturated rings. The van der Waals surface area contributed by atoms with Crippen LogP contribution < -0.4 is 11.3 Å². The van der Waals surface area contributed by atoms with E-state index in [1.807, 2.05) is 24.3 Å². The molecule has 1 aliphatic heterocycles. The first-order valence-electron chi connectivity index (χ1n) is 6.18. The second-order valence-corrected chi connectivity index (χ2v) is 4.60. The topological polar surface area (TPSA) is 71.2 Å². The van der Waals surface area contributed by atoms with Crippen molar-refractivity contribution in [2.75, 3.05) is 5.43 Å². The van der Waals surface area contributed by atoms with E-state index < -0.39 is 5.82 Å². The number of pyridine rings is 1. The average Bonchev–Trinajstić information content (AvgIpc) is 2.90. The van der Waals surface area contributed by atoms with Crippen LogP contribution in [-0.2, 0) is 13.1 Å². The Morgan fingerprint density at radius 3 is 2.50 bits per heavy atom. The van der Waals surface area contributed by atoms with Crippen molar-refractivity contribution in [2.45, 2.75) is 13.1 Å². The van der Waals surface area contributed by atoms with Crippen molar-refractivity contribution in [2.24, 2.45) is 5.84 Å². The number of nitrogens with zero attached hydrogens (tertiary/aromatic N) is 2. The standard InChI is InChI=1S/C14H13FN4O/c15-12-11(5-6-17-13(12)18-16)14(20)19-7-9-3-1-2-4-10(9)8-19/h1-6H,7-8,16H2,(H,17,18). The van der Waals surface area contributed by atoms with Crippen LogP contribution in [0.25, 0.3) is 0 Å². The largest absolute Gasteiger partial charge is 0.330 e. The van der Waals surface area contributed by atoms with E-state index in [-0.39, 0.29) is 17.3 Å². The zero-order valence-electron chi connectivity index (χ0n) is 10.6. The third kappa shape index (κ3) is 2.00. The summed E-state index contributed by atoms with van der Waals surface area (Å²) < 4.78 is 14.1. The molecule has 0 radical (unpaired) electrons. The van der Waals surface area contributed by atoms with Crippen LogP contribution >= 0.6 is 0 Å². The number of amides is 1. The summed E-state index contributed by atoms with van der Waals surface area (Å²) in [6, 6.07) is 9.16. The fourth-order valence-corrected chi connectivity index (χ4v) is 2.36. The molecular formula is C14H13FN4O. The summed E-state index contributed by atoms with van der Waals surface area (Å²) >= 11 is 0. The lowest BCUT2D eigenvalue weighted by Gasteiger charge is -2.16. The third-order valence-corrected chi connectivity index (χ3v) is 3.38. The van der Waals surface area contributed by atoms with E-state index in [4.69, 9.17) is 5.84 Å². The average molecular weight is 272 g/mol. The first-order valence-corrected chi connectivity index (χ1v) is 6.18. The lowest BCUT2D eigenvalue weighted by Crippen LogP contribution is -2.27. The Labute approximate surface area is 115 Å². The zero-order valence-corrected chi connectivity index (χ0v) is 10.6. The highest BCUT2D eigenvalue weighted by molar-refractivity contribution is 5.95. The summed E-state index contributed by atoms with van der Waals surface area (Å²) in [5.41, 5.74) is 4.29. The van der Waals surface area contributed by atoms with E-state index in [0.29, 0.717) is 13.1 Å². The predicted octanol–water partition coefficient (Wildman–Crippen LogP) is 1.66. The highest BCUT2D eigenvalue weighted by atomic mass is 19.1. The number of anilines is 1. The number of aromatic nitrogens is 1. The van der Waals surface area contributed by atoms with E-state index in [9.17, 15) is 9.18 Å². The van der Waals surface area contributed by atoms with E-state index in [1.165, 1.54) is 12.3 Å². The van der Waals surface area contributed by atoms with Gasteiger partial charge in [0.2, 0.25) is 0 Å². The molecule has 102 valence electrons. The fourth-order valence-electron chi connectivity index (χ4n) is 2.36. The Kier molecular flexibility index (Phi) is 3.08. The van der Waals surface area contributed by atoms with Crippen LogP contribution in [-0.4, -0.2) is 15.8 Å². The summed E-state index contributed by atoms with van der Waals surface area (Å²) in [7, 11) is 0. The summed E-state index contributed by atoms with van der Waals surface area (Å²) in [6.45, 7) is 0.977. The van der Waals surface area contributed by atoms with Crippen molar-refractivity contribution in [3.8, 4) is 0 Å². The van der Waals surface area contributed by atoms with Gasteiger partial charge in [-0.2, -0.15) is 0 Å². The number of halogens is 1. The number of nitrogen functional groups attached to an aromatic ring is 1. The van der Waals surface area contributed by atoms with Crippen LogP contribution in [0.3, 0.4) is 0 Å². The minimum atomic E-state index is -0.726. The molecule has 5 nitrogen and oxygen atoms in total. The Balaban J connectivity index is 1.89. The molecule has 0 saturated heterocycles. The van der Waals surface area contributed by atoms with E-state index in [1.54, 1.807) is 4.90 Å². The molecule has 0 bridgehead atoms. The molecule has 3 N–H and O–H groups in total. The van der Waals surface area contributed by atoms with Crippen molar-refractivity contribution < 1.29 is 9.18 Å². The highest BCUT2D eigenvalue weighted by Gasteiger charge is 2.26. The number of hydrazine groups is 1. The minimum Gasteiger partial charge on any atom is -0.330 e. The molecule has 0 unspecified atom stereocenters. The van der Waals surface area contributed by atoms with Crippen molar-refractivity contribution in [1.82, 2.24) is 9.88 Å². The van der Waals surface area contributed by atoms with Gasteiger partial charge >= 0.3 is 0 Å². The van der Waals surface area contributed by atoms with Crippen LogP contribution in [0.1, 0.15) is 21.5 Å². The quantitative estimate of drug-likeness (QED) is 0.644. The van der Waals surface area contributed by atoms with Gasteiger partial charge in [-0.1, -0.05) is 24.3 Å². The van der Waals surface area contributed by atoms with Gasteiger partial charge in [0.15, 0.2) is 11.6 Å². The molecule has 1 aromatic heterocycles. The van der Waals surface area contributed by atoms with Gasteiger partial charge in [-0.3, -0.25) is 4.79 Å². The number of hydrogen-bond donors (Lipinski definition) is 2. The highest BCUT2D eigenvalue weighted by Crippen LogP contribution is 2.25. The number of hydrogen-bond acceptors (Lipinski definition) is 4. The number of nitrogens with one attached hydrogen (secondary N) is 1. The number of rotatable bonds is 2. The van der Waals surface area contributed by atoms with Crippen molar-refractivity contribution in [1.29, 1.82) is 0 Å². The normalized spacial score (nSPS) is 13.2. The molecular weight excluding hydrogens is 259 g/mol. The minimum absolute atomic E-state index is 0.0271. The van der Waals surface area contributed by atoms with Gasteiger partial charge in [0.05, 0.1) is 5.56 Å². The van der Waals surface area contributed by atoms with Crippen LogP contribution in [0.15, 0.2) is 36.5 Å². The van der Waals surface area contributed by atoms with Crippen molar-refractivity contribution in [3.05, 3.63) is 59.0 Å². The molecule has 0 spiro atoms. The molecule has 2 heterocycles. The first-order chi connectivity index (χ1) is 9.70. The number of carbonyl (C=O) groups is 1. The third-order valence-electron chi connectivity index (χ3n) is 3.38. The number of nitrogens with two attached hydrogens (primary N) is 1. The Hall–Kier alpha value is -2.47. The molecule has 20 heavy (non-hydrogen) atoms. The fraction of sp³-hybridized carbons (Fsp3) is 0.143. The van der Waals surface area contributed by atoms with Gasteiger partial charge in [0.1, 0.15) is 0 Å². The summed E-state index contributed by atoms with van der Waals surface area (Å²) in [5, 5.41) is 0. The van der Waals surface area contributed by atoms with Crippen LogP contribution in [0.4, 0.5) is 10.2 Å². The SMILES string of the molecule is NNc1nccc(C(=O)N2Cc3ccccc3C2)c1F. The van der Waals surface area contributed by atoms with Gasteiger partial charge in [-0.15, -0.1) is 0 Å². The maximum atomic E-state index is 14.1. The van der Waals surface area contributed by atoms with E-state index >= 15 is 0 Å². The molecule has 0 saturated carbocycles. The second kappa shape index (κ2) is 4.90. The molecule has 0 aliphatic carbocycles. The van der Waals surface area contributed by atoms with E-state index in [2.05, 4.69) is 10.4 Å². The first kappa shape index (κ1) is 12.6. The summed E-state index contributed by atoms with van der Waals surface area (Å²) in [5.74, 6) is 3.94. The number of carbonyl (C=O) groups excluding carboxylic acids is 1. The summed E-state index contributed by atoms with van der Waals surface area (Å²) in [4.78, 5) is 17.7. The maximum absolute atomic E-state index is 14.1. The molecule has 0 atom stereocenters. The van der Waals surface area contributed by atoms with Crippen LogP contribution in [0.5, 0.6) is 0 Å². The van der Waals surface area contributed by atoms with Crippen molar-refractivity contribution in [3.63, 3.8) is 0 Å². The monoisotopic (exact) mass is 272 g/mol. The lowest BCUT2D eigenvalue weighted by atomic mass is 10.1. The smallest absolute Gasteiger partial charge is 0.257 e. The van der Waals surface area contributed by atoms with Crippen LogP contribution in [0.2, 0.25) is 0 Å². The van der Waals surface area contributed by atoms with Gasteiger partial charge < -0.3 is 10.3 Å². The molecule has 6 heteroatoms.